The third-order valence-electron chi connectivity index (χ3n) is 3.57. The van der Waals surface area contributed by atoms with Gasteiger partial charge in [-0.2, -0.15) is 0 Å². The Kier molecular flexibility index (Phi) is 3.99. The van der Waals surface area contributed by atoms with Gasteiger partial charge in [0.1, 0.15) is 12.1 Å². The Bertz CT molecular complexity index is 1140. The first-order chi connectivity index (χ1) is 12.0. The quantitative estimate of drug-likeness (QED) is 0.566. The maximum atomic E-state index is 12.3. The number of oxazole rings is 1. The largest absolute Gasteiger partial charge is 0.420 e. The maximum absolute atomic E-state index is 12.3. The minimum Gasteiger partial charge on any atom is -0.408 e. The molecule has 2 aromatic carbocycles. The molecule has 126 valence electrons. The molecule has 9 heteroatoms. The average Bonchev–Trinajstić information content (AvgIpc) is 3.14. The number of rotatable bonds is 3. The van der Waals surface area contributed by atoms with Gasteiger partial charge in [0.25, 0.3) is 0 Å². The summed E-state index contributed by atoms with van der Waals surface area (Å²) in [7, 11) is 0. The summed E-state index contributed by atoms with van der Waals surface area (Å²) in [5.41, 5.74) is 1.51. The third kappa shape index (κ3) is 2.90. The number of hydrogen-bond donors (Lipinski definition) is 1. The van der Waals surface area contributed by atoms with Crippen LogP contribution in [-0.4, -0.2) is 15.5 Å². The number of anilines is 1. The predicted octanol–water partition coefficient (Wildman–Crippen LogP) is 4.15. The standard InChI is InChI=1S/C16H9Cl2N3O3S/c17-8-5-6-9(18)14-13(8)20-15(25-14)19-12(22)7-21-10-3-1-2-4-11(10)24-16(21)23/h1-6H,7H2,(H,19,20,22). The first-order valence-corrected chi connectivity index (χ1v) is 8.73. The second-order valence-corrected chi connectivity index (χ2v) is 7.01. The molecule has 0 radical (unpaired) electrons. The van der Waals surface area contributed by atoms with E-state index in [0.717, 1.165) is 0 Å². The monoisotopic (exact) mass is 393 g/mol. The SMILES string of the molecule is O=C(Cn1c(=O)oc2ccccc21)Nc1nc2c(Cl)ccc(Cl)c2s1. The van der Waals surface area contributed by atoms with Gasteiger partial charge < -0.3 is 9.73 Å². The summed E-state index contributed by atoms with van der Waals surface area (Å²) in [6, 6.07) is 10.2. The van der Waals surface area contributed by atoms with Crippen LogP contribution in [0.4, 0.5) is 5.13 Å². The summed E-state index contributed by atoms with van der Waals surface area (Å²) in [5, 5.41) is 3.98. The molecule has 6 nitrogen and oxygen atoms in total. The number of nitrogens with one attached hydrogen (secondary N) is 1. The summed E-state index contributed by atoms with van der Waals surface area (Å²) in [4.78, 5) is 28.5. The van der Waals surface area contributed by atoms with Crippen molar-refractivity contribution in [2.24, 2.45) is 0 Å². The molecule has 4 aromatic rings. The topological polar surface area (TPSA) is 77.1 Å². The van der Waals surface area contributed by atoms with Gasteiger partial charge in [-0.25, -0.2) is 9.78 Å². The lowest BCUT2D eigenvalue weighted by atomic mass is 10.3. The number of nitrogens with zero attached hydrogens (tertiary/aromatic N) is 2. The fourth-order valence-electron chi connectivity index (χ4n) is 2.46. The Labute approximate surface area is 154 Å². The zero-order valence-corrected chi connectivity index (χ0v) is 14.8. The molecule has 2 heterocycles. The van der Waals surface area contributed by atoms with Gasteiger partial charge >= 0.3 is 5.76 Å². The maximum Gasteiger partial charge on any atom is 0.420 e. The smallest absolute Gasteiger partial charge is 0.408 e. The molecular weight excluding hydrogens is 385 g/mol. The van der Waals surface area contributed by atoms with Crippen LogP contribution in [0.15, 0.2) is 45.6 Å². The van der Waals surface area contributed by atoms with E-state index in [1.165, 1.54) is 15.9 Å². The van der Waals surface area contributed by atoms with Gasteiger partial charge in [-0.1, -0.05) is 46.7 Å². The molecule has 0 spiro atoms. The number of para-hydroxylation sites is 2. The number of hydrogen-bond acceptors (Lipinski definition) is 5. The minimum atomic E-state index is -0.591. The fraction of sp³-hybridized carbons (Fsp3) is 0.0625. The Morgan fingerprint density at radius 1 is 1.20 bits per heavy atom. The van der Waals surface area contributed by atoms with Crippen molar-refractivity contribution in [3.8, 4) is 0 Å². The van der Waals surface area contributed by atoms with Gasteiger partial charge in [0.05, 0.1) is 20.3 Å². The Hall–Kier alpha value is -2.35. The van der Waals surface area contributed by atoms with Crippen molar-refractivity contribution < 1.29 is 9.21 Å². The van der Waals surface area contributed by atoms with Crippen molar-refractivity contribution in [1.82, 2.24) is 9.55 Å². The van der Waals surface area contributed by atoms with Gasteiger partial charge in [0.15, 0.2) is 10.7 Å². The van der Waals surface area contributed by atoms with Gasteiger partial charge in [-0.15, -0.1) is 0 Å². The van der Waals surface area contributed by atoms with E-state index in [4.69, 9.17) is 27.6 Å². The van der Waals surface area contributed by atoms with Crippen LogP contribution in [0.1, 0.15) is 0 Å². The molecule has 25 heavy (non-hydrogen) atoms. The molecule has 0 bridgehead atoms. The Morgan fingerprint density at radius 2 is 1.96 bits per heavy atom. The molecular formula is C16H9Cl2N3O3S. The summed E-state index contributed by atoms with van der Waals surface area (Å²) in [5.74, 6) is -0.994. The first-order valence-electron chi connectivity index (χ1n) is 7.15. The van der Waals surface area contributed by atoms with E-state index in [0.29, 0.717) is 36.5 Å². The van der Waals surface area contributed by atoms with E-state index in [1.807, 2.05) is 0 Å². The number of carbonyl (C=O) groups is 1. The number of aromatic nitrogens is 2. The lowest BCUT2D eigenvalue weighted by molar-refractivity contribution is -0.116. The van der Waals surface area contributed by atoms with Crippen molar-refractivity contribution >= 4 is 66.9 Å². The highest BCUT2D eigenvalue weighted by atomic mass is 35.5. The zero-order chi connectivity index (χ0) is 17.6. The number of fused-ring (bicyclic) bond motifs is 2. The highest BCUT2D eigenvalue weighted by molar-refractivity contribution is 7.23. The number of amides is 1. The van der Waals surface area contributed by atoms with Crippen LogP contribution in [0.2, 0.25) is 10.0 Å². The number of halogens is 2. The van der Waals surface area contributed by atoms with Crippen molar-refractivity contribution in [1.29, 1.82) is 0 Å². The van der Waals surface area contributed by atoms with Gasteiger partial charge in [0, 0.05) is 0 Å². The van der Waals surface area contributed by atoms with Gasteiger partial charge in [0.2, 0.25) is 5.91 Å². The number of carbonyl (C=O) groups excluding carboxylic acids is 1. The summed E-state index contributed by atoms with van der Waals surface area (Å²) >= 11 is 13.4. The molecule has 1 N–H and O–H groups in total. The molecule has 4 rings (SSSR count). The average molecular weight is 394 g/mol. The van der Waals surface area contributed by atoms with Crippen LogP contribution in [0.25, 0.3) is 21.3 Å². The fourth-order valence-corrected chi connectivity index (χ4v) is 3.90. The highest BCUT2D eigenvalue weighted by Gasteiger charge is 2.15. The minimum absolute atomic E-state index is 0.187. The molecule has 0 aliphatic carbocycles. The normalized spacial score (nSPS) is 11.3. The van der Waals surface area contributed by atoms with Gasteiger partial charge in [-0.05, 0) is 24.3 Å². The summed E-state index contributed by atoms with van der Waals surface area (Å²) < 4.78 is 7.06. The van der Waals surface area contributed by atoms with E-state index < -0.39 is 11.7 Å². The van der Waals surface area contributed by atoms with Crippen LogP contribution in [-0.2, 0) is 11.3 Å². The molecule has 2 aromatic heterocycles. The lowest BCUT2D eigenvalue weighted by Gasteiger charge is -2.02. The first kappa shape index (κ1) is 16.1. The second kappa shape index (κ2) is 6.18. The lowest BCUT2D eigenvalue weighted by Crippen LogP contribution is -2.24. The molecule has 0 atom stereocenters. The van der Waals surface area contributed by atoms with Crippen LogP contribution in [0.5, 0.6) is 0 Å². The van der Waals surface area contributed by atoms with Gasteiger partial charge in [-0.3, -0.25) is 9.36 Å². The van der Waals surface area contributed by atoms with Crippen LogP contribution in [0.3, 0.4) is 0 Å². The van der Waals surface area contributed by atoms with Crippen molar-refractivity contribution in [3.05, 3.63) is 57.0 Å². The molecule has 0 saturated heterocycles. The molecule has 0 saturated carbocycles. The van der Waals surface area contributed by atoms with E-state index in [1.54, 1.807) is 36.4 Å². The van der Waals surface area contributed by atoms with Crippen LogP contribution in [0, 0.1) is 0 Å². The number of benzene rings is 2. The third-order valence-corrected chi connectivity index (χ3v) is 5.30. The van der Waals surface area contributed by atoms with Crippen molar-refractivity contribution in [3.63, 3.8) is 0 Å². The van der Waals surface area contributed by atoms with Crippen LogP contribution >= 0.6 is 34.5 Å². The summed E-state index contributed by atoms with van der Waals surface area (Å²) in [6.07, 6.45) is 0. The molecule has 0 unspecified atom stereocenters. The molecule has 0 aliphatic rings. The second-order valence-electron chi connectivity index (χ2n) is 5.20. The Balaban J connectivity index is 1.62. The zero-order valence-electron chi connectivity index (χ0n) is 12.5. The van der Waals surface area contributed by atoms with E-state index >= 15 is 0 Å². The van der Waals surface area contributed by atoms with Crippen molar-refractivity contribution in [2.45, 2.75) is 6.54 Å². The molecule has 0 fully saturated rings. The predicted molar refractivity (Wildman–Crippen MR) is 98.7 cm³/mol. The van der Waals surface area contributed by atoms with Crippen LogP contribution < -0.4 is 11.1 Å². The Morgan fingerprint density at radius 3 is 2.76 bits per heavy atom. The van der Waals surface area contributed by atoms with Crippen molar-refractivity contribution in [2.75, 3.05) is 5.32 Å². The summed E-state index contributed by atoms with van der Waals surface area (Å²) in [6.45, 7) is -0.187. The molecule has 1 amide bonds. The number of thiazole rings is 1. The van der Waals surface area contributed by atoms with E-state index in [2.05, 4.69) is 10.3 Å². The van der Waals surface area contributed by atoms with E-state index in [-0.39, 0.29) is 6.54 Å². The van der Waals surface area contributed by atoms with E-state index in [9.17, 15) is 9.59 Å². The highest BCUT2D eigenvalue weighted by Crippen LogP contribution is 2.35. The molecule has 0 aliphatic heterocycles.